The number of rotatable bonds is 5. The monoisotopic (exact) mass is 378 g/mol. The van der Waals surface area contributed by atoms with Gasteiger partial charge in [-0.25, -0.2) is 4.98 Å². The topological polar surface area (TPSA) is 90.7 Å². The summed E-state index contributed by atoms with van der Waals surface area (Å²) in [5, 5.41) is 5.10. The Labute approximate surface area is 160 Å². The van der Waals surface area contributed by atoms with E-state index in [9.17, 15) is 4.79 Å². The van der Waals surface area contributed by atoms with E-state index in [1.54, 1.807) is 39.5 Å². The van der Waals surface area contributed by atoms with E-state index >= 15 is 0 Å². The summed E-state index contributed by atoms with van der Waals surface area (Å²) in [5.74, 6) is 1.97. The zero-order valence-electron chi connectivity index (χ0n) is 15.6. The van der Waals surface area contributed by atoms with E-state index in [1.165, 1.54) is 17.2 Å². The smallest absolute Gasteiger partial charge is 0.298 e. The lowest BCUT2D eigenvalue weighted by molar-refractivity contribution is 0.402. The van der Waals surface area contributed by atoms with Crippen molar-refractivity contribution >= 4 is 28.2 Å². The van der Waals surface area contributed by atoms with E-state index in [1.807, 2.05) is 18.2 Å². The second-order valence-corrected chi connectivity index (χ2v) is 6.01. The van der Waals surface area contributed by atoms with Crippen LogP contribution in [0.3, 0.4) is 0 Å². The number of H-pyrrole nitrogens is 1. The highest BCUT2D eigenvalue weighted by atomic mass is 16.5. The van der Waals surface area contributed by atoms with E-state index < -0.39 is 0 Å². The highest BCUT2D eigenvalue weighted by molar-refractivity contribution is 6.04. The van der Waals surface area contributed by atoms with Crippen LogP contribution in [0.2, 0.25) is 0 Å². The van der Waals surface area contributed by atoms with Crippen LogP contribution in [0.15, 0.2) is 52.6 Å². The third-order valence-electron chi connectivity index (χ3n) is 4.45. The maximum atomic E-state index is 12.8. The zero-order chi connectivity index (χ0) is 19.7. The average Bonchev–Trinajstić information content (AvgIpc) is 3.11. The summed E-state index contributed by atoms with van der Waals surface area (Å²) in [6, 6.07) is 10.9. The first-order chi connectivity index (χ1) is 13.6. The van der Waals surface area contributed by atoms with Crippen LogP contribution in [0.5, 0.6) is 17.2 Å². The van der Waals surface area contributed by atoms with E-state index in [0.717, 1.165) is 10.9 Å². The molecule has 0 bridgehead atoms. The Bertz CT molecular complexity index is 1260. The molecule has 1 N–H and O–H groups in total. The molecule has 0 saturated heterocycles. The molecule has 0 aliphatic heterocycles. The van der Waals surface area contributed by atoms with E-state index in [-0.39, 0.29) is 5.56 Å². The Morgan fingerprint density at radius 2 is 1.79 bits per heavy atom. The van der Waals surface area contributed by atoms with Crippen LogP contribution in [0.1, 0.15) is 5.56 Å². The van der Waals surface area contributed by atoms with E-state index in [4.69, 9.17) is 14.2 Å². The van der Waals surface area contributed by atoms with Crippen LogP contribution in [0.4, 0.5) is 0 Å². The molecule has 0 amide bonds. The Kier molecular flexibility index (Phi) is 4.44. The zero-order valence-corrected chi connectivity index (χ0v) is 15.6. The number of methoxy groups -OCH3 is 3. The molecular weight excluding hydrogens is 360 g/mol. The van der Waals surface area contributed by atoms with Crippen LogP contribution in [0, 0.1) is 0 Å². The van der Waals surface area contributed by atoms with E-state index in [0.29, 0.717) is 33.8 Å². The normalized spacial score (nSPS) is 11.4. The fourth-order valence-electron chi connectivity index (χ4n) is 3.00. The Balaban J connectivity index is 1.80. The van der Waals surface area contributed by atoms with Crippen LogP contribution >= 0.6 is 0 Å². The maximum absolute atomic E-state index is 12.8. The molecule has 0 aliphatic carbocycles. The number of nitrogens with one attached hydrogen (secondary N) is 1. The molecule has 28 heavy (non-hydrogen) atoms. The standard InChI is InChI=1S/C20H18N4O4/c1-26-13-5-7-17(28-3)12(8-13)10-22-24-11-21-18-15-6-4-14(27-2)9-16(15)23-19(18)20(24)25/h4-11,23H,1-3H3/b22-10+. The summed E-state index contributed by atoms with van der Waals surface area (Å²) < 4.78 is 17.0. The van der Waals surface area contributed by atoms with Gasteiger partial charge in [0.25, 0.3) is 5.56 Å². The summed E-state index contributed by atoms with van der Waals surface area (Å²) in [5.41, 5.74) is 2.11. The van der Waals surface area contributed by atoms with Crippen molar-refractivity contribution in [1.29, 1.82) is 0 Å². The van der Waals surface area contributed by atoms with Gasteiger partial charge < -0.3 is 19.2 Å². The van der Waals surface area contributed by atoms with Gasteiger partial charge in [0.1, 0.15) is 34.6 Å². The number of aromatic nitrogens is 3. The van der Waals surface area contributed by atoms with Gasteiger partial charge in [-0.15, -0.1) is 0 Å². The molecule has 0 aliphatic rings. The van der Waals surface area contributed by atoms with Gasteiger partial charge in [-0.1, -0.05) is 0 Å². The largest absolute Gasteiger partial charge is 0.497 e. The number of nitrogens with zero attached hydrogens (tertiary/aromatic N) is 3. The molecule has 0 radical (unpaired) electrons. The quantitative estimate of drug-likeness (QED) is 0.539. The lowest BCUT2D eigenvalue weighted by atomic mass is 10.2. The predicted molar refractivity (Wildman–Crippen MR) is 107 cm³/mol. The van der Waals surface area contributed by atoms with Crippen LogP contribution < -0.4 is 19.8 Å². The first kappa shape index (κ1) is 17.6. The maximum Gasteiger partial charge on any atom is 0.298 e. The Morgan fingerprint density at radius 1 is 1.04 bits per heavy atom. The van der Waals surface area contributed by atoms with Gasteiger partial charge in [0.2, 0.25) is 0 Å². The van der Waals surface area contributed by atoms with Crippen LogP contribution in [0.25, 0.3) is 21.9 Å². The lowest BCUT2D eigenvalue weighted by Crippen LogP contribution is -2.17. The van der Waals surface area contributed by atoms with Crippen molar-refractivity contribution in [3.05, 3.63) is 58.6 Å². The molecular formula is C20H18N4O4. The molecule has 0 fully saturated rings. The molecule has 2 aromatic carbocycles. The van der Waals surface area contributed by atoms with Gasteiger partial charge in [-0.3, -0.25) is 4.79 Å². The predicted octanol–water partition coefficient (Wildman–Crippen LogP) is 2.79. The number of fused-ring (bicyclic) bond motifs is 3. The minimum atomic E-state index is -0.307. The second kappa shape index (κ2) is 7.07. The number of hydrogen-bond acceptors (Lipinski definition) is 6. The molecule has 4 rings (SSSR count). The molecule has 0 saturated carbocycles. The van der Waals surface area contributed by atoms with Crippen LogP contribution in [-0.4, -0.2) is 42.2 Å². The lowest BCUT2D eigenvalue weighted by Gasteiger charge is -2.06. The number of aromatic amines is 1. The summed E-state index contributed by atoms with van der Waals surface area (Å²) in [4.78, 5) is 20.3. The Hall–Kier alpha value is -3.81. The average molecular weight is 378 g/mol. The van der Waals surface area contributed by atoms with Crippen molar-refractivity contribution in [2.45, 2.75) is 0 Å². The highest BCUT2D eigenvalue weighted by Gasteiger charge is 2.11. The van der Waals surface area contributed by atoms with Crippen molar-refractivity contribution < 1.29 is 14.2 Å². The SMILES string of the molecule is COc1ccc(OC)c(/C=N/n2cnc3c([nH]c4cc(OC)ccc43)c2=O)c1. The molecule has 8 heteroatoms. The Morgan fingerprint density at radius 3 is 2.54 bits per heavy atom. The van der Waals surface area contributed by atoms with Crippen molar-refractivity contribution in [1.82, 2.24) is 14.6 Å². The first-order valence-electron chi connectivity index (χ1n) is 8.48. The number of benzene rings is 2. The molecule has 0 spiro atoms. The minimum absolute atomic E-state index is 0.307. The van der Waals surface area contributed by atoms with Gasteiger partial charge in [-0.05, 0) is 30.3 Å². The molecule has 8 nitrogen and oxygen atoms in total. The molecule has 142 valence electrons. The van der Waals surface area contributed by atoms with E-state index in [2.05, 4.69) is 15.1 Å². The van der Waals surface area contributed by atoms with Crippen molar-refractivity contribution in [2.24, 2.45) is 5.10 Å². The summed E-state index contributed by atoms with van der Waals surface area (Å²) in [7, 11) is 4.74. The van der Waals surface area contributed by atoms with Gasteiger partial charge in [-0.2, -0.15) is 9.78 Å². The van der Waals surface area contributed by atoms with Crippen molar-refractivity contribution in [3.63, 3.8) is 0 Å². The number of hydrogen-bond donors (Lipinski definition) is 1. The number of ether oxygens (including phenoxy) is 3. The van der Waals surface area contributed by atoms with Crippen LogP contribution in [-0.2, 0) is 0 Å². The molecule has 0 atom stereocenters. The van der Waals surface area contributed by atoms with Crippen molar-refractivity contribution in [2.75, 3.05) is 21.3 Å². The fraction of sp³-hybridized carbons (Fsp3) is 0.150. The minimum Gasteiger partial charge on any atom is -0.497 e. The highest BCUT2D eigenvalue weighted by Crippen LogP contribution is 2.25. The third kappa shape index (κ3) is 2.94. The third-order valence-corrected chi connectivity index (χ3v) is 4.45. The summed E-state index contributed by atoms with van der Waals surface area (Å²) >= 11 is 0. The van der Waals surface area contributed by atoms with Gasteiger partial charge >= 0.3 is 0 Å². The second-order valence-electron chi connectivity index (χ2n) is 6.01. The summed E-state index contributed by atoms with van der Waals surface area (Å²) in [6.07, 6.45) is 2.92. The fourth-order valence-corrected chi connectivity index (χ4v) is 3.00. The molecule has 2 heterocycles. The van der Waals surface area contributed by atoms with Gasteiger partial charge in [0, 0.05) is 17.0 Å². The summed E-state index contributed by atoms with van der Waals surface area (Å²) in [6.45, 7) is 0. The van der Waals surface area contributed by atoms with Gasteiger partial charge in [0.05, 0.1) is 33.1 Å². The first-order valence-corrected chi connectivity index (χ1v) is 8.48. The van der Waals surface area contributed by atoms with Crippen molar-refractivity contribution in [3.8, 4) is 17.2 Å². The molecule has 0 unspecified atom stereocenters. The molecule has 2 aromatic heterocycles. The van der Waals surface area contributed by atoms with Gasteiger partial charge in [0.15, 0.2) is 0 Å². The molecule has 4 aromatic rings.